The summed E-state index contributed by atoms with van der Waals surface area (Å²) < 4.78 is 1.85. The van der Waals surface area contributed by atoms with Crippen molar-refractivity contribution in [3.8, 4) is 0 Å². The molecule has 0 fully saturated rings. The van der Waals surface area contributed by atoms with Crippen molar-refractivity contribution in [2.24, 2.45) is 0 Å². The Kier molecular flexibility index (Phi) is 11.4. The van der Waals surface area contributed by atoms with Gasteiger partial charge in [-0.25, -0.2) is 0 Å². The van der Waals surface area contributed by atoms with Crippen LogP contribution in [0.4, 0.5) is 0 Å². The van der Waals surface area contributed by atoms with Crippen LogP contribution in [0.15, 0.2) is 57.5 Å². The van der Waals surface area contributed by atoms with Crippen LogP contribution in [0.5, 0.6) is 0 Å². The van der Waals surface area contributed by atoms with Gasteiger partial charge in [-0.15, -0.1) is 0 Å². The maximum Gasteiger partial charge on any atom is 0.196 e. The van der Waals surface area contributed by atoms with Crippen molar-refractivity contribution in [2.75, 3.05) is 0 Å². The maximum atomic E-state index is 12.1. The first-order valence-corrected chi connectivity index (χ1v) is 12.6. The van der Waals surface area contributed by atoms with Gasteiger partial charge in [-0.2, -0.15) is 0 Å². The predicted molar refractivity (Wildman–Crippen MR) is 131 cm³/mol. The molecule has 0 amide bonds. The summed E-state index contributed by atoms with van der Waals surface area (Å²) in [6, 6.07) is 14.4. The minimum Gasteiger partial charge on any atom is -0.294 e. The van der Waals surface area contributed by atoms with Crippen LogP contribution in [0.2, 0.25) is 0 Å². The molecule has 2 rings (SSSR count). The van der Waals surface area contributed by atoms with Gasteiger partial charge in [-0.05, 0) is 61.7 Å². The predicted octanol–water partition coefficient (Wildman–Crippen LogP) is 7.18. The van der Waals surface area contributed by atoms with E-state index in [1.54, 1.807) is 24.3 Å². The first kappa shape index (κ1) is 25.7. The van der Waals surface area contributed by atoms with Crippen molar-refractivity contribution >= 4 is 65.4 Å². The molecule has 2 aromatic carbocycles. The first-order chi connectivity index (χ1) is 14.8. The minimum absolute atomic E-state index is 0.0568. The molecule has 31 heavy (non-hydrogen) atoms. The molecular weight excluding hydrogens is 544 g/mol. The van der Waals surface area contributed by atoms with E-state index < -0.39 is 0 Å². The summed E-state index contributed by atoms with van der Waals surface area (Å²) in [6.07, 6.45) is 3.76. The molecule has 0 aliphatic heterocycles. The molecule has 0 radical (unpaired) electrons. The van der Waals surface area contributed by atoms with E-state index >= 15 is 0 Å². The second-order valence-electron chi connectivity index (χ2n) is 7.12. The van der Waals surface area contributed by atoms with Gasteiger partial charge < -0.3 is 0 Å². The molecule has 0 aromatic heterocycles. The normalized spacial score (nSPS) is 10.6. The summed E-state index contributed by atoms with van der Waals surface area (Å²) in [5.41, 5.74) is 1.33. The average Bonchev–Trinajstić information content (AvgIpc) is 2.75. The quantitative estimate of drug-likeness (QED) is 0.200. The highest BCUT2D eigenvalue weighted by atomic mass is 79.9. The molecule has 164 valence electrons. The molecule has 0 aliphatic carbocycles. The zero-order chi connectivity index (χ0) is 22.6. The number of benzene rings is 2. The largest absolute Gasteiger partial charge is 0.294 e. The van der Waals surface area contributed by atoms with E-state index in [0.717, 1.165) is 20.7 Å². The first-order valence-electron chi connectivity index (χ1n) is 10.2. The van der Waals surface area contributed by atoms with Gasteiger partial charge in [0.05, 0.1) is 0 Å². The Balaban J connectivity index is 1.55. The third kappa shape index (κ3) is 10.1. The molecular formula is C24H24Br2O4S. The Labute approximate surface area is 203 Å². The van der Waals surface area contributed by atoms with Gasteiger partial charge in [-0.3, -0.25) is 19.2 Å². The van der Waals surface area contributed by atoms with Gasteiger partial charge in [0.2, 0.25) is 0 Å². The lowest BCUT2D eigenvalue weighted by Gasteiger charge is -2.03. The number of hydrogen-bond acceptors (Lipinski definition) is 5. The van der Waals surface area contributed by atoms with Crippen LogP contribution >= 0.6 is 43.6 Å². The highest BCUT2D eigenvalue weighted by Crippen LogP contribution is 2.18. The fourth-order valence-corrected chi connectivity index (χ4v) is 4.17. The molecule has 0 unspecified atom stereocenters. The van der Waals surface area contributed by atoms with E-state index in [0.29, 0.717) is 49.7 Å². The fourth-order valence-electron chi connectivity index (χ4n) is 2.90. The number of unbranched alkanes of at least 4 members (excludes halogenated alkanes) is 2. The molecule has 4 nitrogen and oxygen atoms in total. The Morgan fingerprint density at radius 3 is 1.23 bits per heavy atom. The van der Waals surface area contributed by atoms with E-state index in [1.807, 2.05) is 24.3 Å². The molecule has 0 atom stereocenters. The number of hydrogen-bond donors (Lipinski definition) is 0. The van der Waals surface area contributed by atoms with Crippen LogP contribution in [0.1, 0.15) is 72.1 Å². The molecule has 2 aromatic rings. The summed E-state index contributed by atoms with van der Waals surface area (Å²) in [6.45, 7) is 0. The van der Waals surface area contributed by atoms with E-state index in [9.17, 15) is 19.2 Å². The van der Waals surface area contributed by atoms with Crippen LogP contribution in [-0.2, 0) is 9.59 Å². The second-order valence-corrected chi connectivity index (χ2v) is 10.1. The zero-order valence-electron chi connectivity index (χ0n) is 17.1. The third-order valence-electron chi connectivity index (χ3n) is 4.63. The van der Waals surface area contributed by atoms with Crippen molar-refractivity contribution in [3.05, 3.63) is 68.6 Å². The molecule has 7 heteroatoms. The SMILES string of the molecule is O=C(CCCCC(=O)c1ccc(Br)cc1)SC(=O)CCCCC(=O)c1ccc(Br)cc1. The van der Waals surface area contributed by atoms with E-state index in [1.165, 1.54) is 0 Å². The van der Waals surface area contributed by atoms with E-state index in [-0.39, 0.29) is 34.6 Å². The smallest absolute Gasteiger partial charge is 0.196 e. The Bertz CT molecular complexity index is 833. The lowest BCUT2D eigenvalue weighted by atomic mass is 10.1. The van der Waals surface area contributed by atoms with Crippen LogP contribution in [0, 0.1) is 0 Å². The van der Waals surface area contributed by atoms with Crippen LogP contribution in [0.25, 0.3) is 0 Å². The number of carbonyl (C=O) groups is 4. The standard InChI is InChI=1S/C24H24Br2O4S/c25-19-13-9-17(10-14-19)21(27)5-1-3-7-23(29)31-24(30)8-4-2-6-22(28)18-11-15-20(26)16-12-18/h9-16H,1-8H2. The maximum absolute atomic E-state index is 12.1. The summed E-state index contributed by atoms with van der Waals surface area (Å²) in [7, 11) is 0. The summed E-state index contributed by atoms with van der Waals surface area (Å²) >= 11 is 7.43. The summed E-state index contributed by atoms with van der Waals surface area (Å²) in [5.74, 6) is 0.114. The lowest BCUT2D eigenvalue weighted by molar-refractivity contribution is -0.113. The Hall–Kier alpha value is -1.57. The van der Waals surface area contributed by atoms with Crippen LogP contribution in [-0.4, -0.2) is 21.8 Å². The molecule has 0 spiro atoms. The van der Waals surface area contributed by atoms with Crippen molar-refractivity contribution < 1.29 is 19.2 Å². The van der Waals surface area contributed by atoms with E-state index in [2.05, 4.69) is 31.9 Å². The Morgan fingerprint density at radius 1 is 0.548 bits per heavy atom. The van der Waals surface area contributed by atoms with Gasteiger partial charge in [-0.1, -0.05) is 56.1 Å². The molecule has 0 heterocycles. The molecule has 0 bridgehead atoms. The van der Waals surface area contributed by atoms with E-state index in [4.69, 9.17) is 0 Å². The topological polar surface area (TPSA) is 68.3 Å². The molecule has 0 N–H and O–H groups in total. The highest BCUT2D eigenvalue weighted by Gasteiger charge is 2.12. The van der Waals surface area contributed by atoms with Crippen molar-refractivity contribution in [3.63, 3.8) is 0 Å². The fraction of sp³-hybridized carbons (Fsp3) is 0.333. The van der Waals surface area contributed by atoms with Gasteiger partial charge >= 0.3 is 0 Å². The second kappa shape index (κ2) is 13.8. The molecule has 0 saturated heterocycles. The minimum atomic E-state index is -0.160. The number of carbonyl (C=O) groups excluding carboxylic acids is 4. The lowest BCUT2D eigenvalue weighted by Crippen LogP contribution is -2.02. The highest BCUT2D eigenvalue weighted by molar-refractivity contribution is 9.10. The van der Waals surface area contributed by atoms with Crippen molar-refractivity contribution in [1.29, 1.82) is 0 Å². The Morgan fingerprint density at radius 2 is 0.871 bits per heavy atom. The number of Topliss-reactive ketones (excluding diaryl/α,β-unsaturated/α-hetero) is 2. The van der Waals surface area contributed by atoms with Gasteiger partial charge in [0.25, 0.3) is 0 Å². The zero-order valence-corrected chi connectivity index (χ0v) is 21.1. The number of ketones is 2. The molecule has 0 saturated carbocycles. The monoisotopic (exact) mass is 566 g/mol. The number of thioether (sulfide) groups is 1. The molecule has 0 aliphatic rings. The number of rotatable bonds is 12. The average molecular weight is 568 g/mol. The van der Waals surface area contributed by atoms with Gasteiger partial charge in [0, 0.05) is 45.8 Å². The van der Waals surface area contributed by atoms with Crippen molar-refractivity contribution in [1.82, 2.24) is 0 Å². The van der Waals surface area contributed by atoms with Crippen molar-refractivity contribution in [2.45, 2.75) is 51.4 Å². The van der Waals surface area contributed by atoms with Gasteiger partial charge in [0.15, 0.2) is 21.8 Å². The third-order valence-corrected chi connectivity index (χ3v) is 6.55. The summed E-state index contributed by atoms with van der Waals surface area (Å²) in [4.78, 5) is 48.1. The van der Waals surface area contributed by atoms with Crippen LogP contribution < -0.4 is 0 Å². The van der Waals surface area contributed by atoms with Crippen LogP contribution in [0.3, 0.4) is 0 Å². The number of halogens is 2. The summed E-state index contributed by atoms with van der Waals surface area (Å²) in [5, 5.41) is -0.320. The van der Waals surface area contributed by atoms with Gasteiger partial charge in [0.1, 0.15) is 0 Å².